The van der Waals surface area contributed by atoms with E-state index in [0.717, 1.165) is 5.69 Å². The maximum Gasteiger partial charge on any atom is 0.227 e. The fraction of sp³-hybridized carbons (Fsp3) is 0.556. The highest BCUT2D eigenvalue weighted by atomic mass is 32.2. The maximum absolute atomic E-state index is 12.4. The molecule has 0 bridgehead atoms. The number of hydrogen-bond donors (Lipinski definition) is 1. The molecule has 2 aliphatic rings. The Morgan fingerprint density at radius 1 is 1.15 bits per heavy atom. The number of hydrogen-bond acceptors (Lipinski definition) is 5. The summed E-state index contributed by atoms with van der Waals surface area (Å²) in [7, 11) is -3.13. The van der Waals surface area contributed by atoms with E-state index in [4.69, 9.17) is 0 Å². The fourth-order valence-electron chi connectivity index (χ4n) is 3.51. The van der Waals surface area contributed by atoms with E-state index < -0.39 is 10.0 Å². The largest absolute Gasteiger partial charge is 0.355 e. The summed E-state index contributed by atoms with van der Waals surface area (Å²) in [5.74, 6) is -0.463. The van der Waals surface area contributed by atoms with Crippen LogP contribution in [0.3, 0.4) is 0 Å². The third-order valence-corrected chi connectivity index (χ3v) is 6.39. The number of sulfonamides is 1. The molecular formula is C18H26N4O4S. The predicted molar refractivity (Wildman–Crippen MR) is 103 cm³/mol. The summed E-state index contributed by atoms with van der Waals surface area (Å²) in [4.78, 5) is 28.4. The van der Waals surface area contributed by atoms with Gasteiger partial charge in [-0.2, -0.15) is 4.31 Å². The number of benzene rings is 1. The zero-order valence-corrected chi connectivity index (χ0v) is 16.3. The van der Waals surface area contributed by atoms with Crippen molar-refractivity contribution >= 4 is 27.5 Å². The number of nitrogens with one attached hydrogen (secondary N) is 1. The average Bonchev–Trinajstić information content (AvgIpc) is 3.04. The van der Waals surface area contributed by atoms with Crippen LogP contribution in [0.2, 0.25) is 0 Å². The van der Waals surface area contributed by atoms with Crippen LogP contribution in [0.4, 0.5) is 5.69 Å². The molecule has 2 saturated heterocycles. The molecule has 0 aromatic heterocycles. The van der Waals surface area contributed by atoms with Crippen LogP contribution in [0.25, 0.3) is 0 Å². The molecule has 2 amide bonds. The normalized spacial score (nSPS) is 22.2. The topological polar surface area (TPSA) is 90.0 Å². The van der Waals surface area contributed by atoms with Crippen molar-refractivity contribution in [3.63, 3.8) is 0 Å². The Labute approximate surface area is 160 Å². The fourth-order valence-corrected chi connectivity index (χ4v) is 4.33. The molecule has 0 spiro atoms. The number of carbonyl (C=O) groups excluding carboxylic acids is 2. The Morgan fingerprint density at radius 3 is 2.44 bits per heavy atom. The summed E-state index contributed by atoms with van der Waals surface area (Å²) < 4.78 is 24.5. The molecule has 1 aromatic carbocycles. The zero-order chi connectivity index (χ0) is 19.4. The van der Waals surface area contributed by atoms with Crippen molar-refractivity contribution in [2.45, 2.75) is 6.42 Å². The molecule has 2 fully saturated rings. The van der Waals surface area contributed by atoms with Crippen molar-refractivity contribution in [2.75, 3.05) is 57.0 Å². The van der Waals surface area contributed by atoms with Gasteiger partial charge in [-0.3, -0.25) is 14.5 Å². The number of piperazine rings is 1. The lowest BCUT2D eigenvalue weighted by molar-refractivity contribution is -0.126. The number of para-hydroxylation sites is 1. The molecule has 1 aromatic rings. The number of carbonyl (C=O) groups is 2. The van der Waals surface area contributed by atoms with E-state index in [0.29, 0.717) is 45.8 Å². The minimum Gasteiger partial charge on any atom is -0.355 e. The zero-order valence-electron chi connectivity index (χ0n) is 15.5. The van der Waals surface area contributed by atoms with Gasteiger partial charge in [0.1, 0.15) is 0 Å². The van der Waals surface area contributed by atoms with Crippen LogP contribution >= 0.6 is 0 Å². The summed E-state index contributed by atoms with van der Waals surface area (Å²) in [6.07, 6.45) is 1.46. The Hall–Kier alpha value is -1.97. The Bertz CT molecular complexity index is 776. The van der Waals surface area contributed by atoms with Gasteiger partial charge in [0.25, 0.3) is 0 Å². The monoisotopic (exact) mass is 394 g/mol. The lowest BCUT2D eigenvalue weighted by Gasteiger charge is -2.33. The Kier molecular flexibility index (Phi) is 6.13. The van der Waals surface area contributed by atoms with Crippen molar-refractivity contribution in [1.82, 2.24) is 14.5 Å². The lowest BCUT2D eigenvalue weighted by atomic mass is 10.1. The summed E-state index contributed by atoms with van der Waals surface area (Å²) in [5, 5.41) is 2.91. The van der Waals surface area contributed by atoms with Crippen molar-refractivity contribution in [3.05, 3.63) is 30.3 Å². The van der Waals surface area contributed by atoms with Crippen LogP contribution in [-0.4, -0.2) is 81.5 Å². The van der Waals surface area contributed by atoms with Crippen LogP contribution in [0, 0.1) is 5.92 Å². The summed E-state index contributed by atoms with van der Waals surface area (Å²) in [6.45, 7) is 3.85. The molecule has 1 atom stereocenters. The smallest absolute Gasteiger partial charge is 0.227 e. The molecule has 9 heteroatoms. The molecule has 0 saturated carbocycles. The maximum atomic E-state index is 12.4. The second kappa shape index (κ2) is 8.37. The van der Waals surface area contributed by atoms with Crippen LogP contribution in [0.15, 0.2) is 30.3 Å². The number of anilines is 1. The third kappa shape index (κ3) is 5.06. The number of amides is 2. The van der Waals surface area contributed by atoms with Gasteiger partial charge in [-0.05, 0) is 12.1 Å². The van der Waals surface area contributed by atoms with Gasteiger partial charge in [0, 0.05) is 57.9 Å². The Balaban J connectivity index is 1.41. The molecular weight excluding hydrogens is 368 g/mol. The SMILES string of the molecule is CS(=O)(=O)N1CCN(CCNC(=O)C2CC(=O)N(c3ccccc3)C2)CC1. The van der Waals surface area contributed by atoms with E-state index in [-0.39, 0.29) is 24.2 Å². The summed E-state index contributed by atoms with van der Waals surface area (Å²) >= 11 is 0. The van der Waals surface area contributed by atoms with Gasteiger partial charge in [-0.1, -0.05) is 18.2 Å². The van der Waals surface area contributed by atoms with E-state index in [1.807, 2.05) is 30.3 Å². The second-order valence-corrected chi connectivity index (χ2v) is 9.02. The molecule has 1 N–H and O–H groups in total. The average molecular weight is 394 g/mol. The highest BCUT2D eigenvalue weighted by molar-refractivity contribution is 7.88. The van der Waals surface area contributed by atoms with Gasteiger partial charge >= 0.3 is 0 Å². The molecule has 0 radical (unpaired) electrons. The van der Waals surface area contributed by atoms with Gasteiger partial charge in [0.2, 0.25) is 21.8 Å². The first kappa shape index (κ1) is 19.8. The minimum absolute atomic E-state index is 0.0294. The van der Waals surface area contributed by atoms with Gasteiger partial charge in [0.05, 0.1) is 12.2 Å². The minimum atomic E-state index is -3.13. The van der Waals surface area contributed by atoms with Crippen LogP contribution in [0.1, 0.15) is 6.42 Å². The summed E-state index contributed by atoms with van der Waals surface area (Å²) in [5.41, 5.74) is 0.821. The standard InChI is InChI=1S/C18H26N4O4S/c1-27(25,26)21-11-9-20(10-12-21)8-7-19-18(24)15-13-17(23)22(14-15)16-5-3-2-4-6-16/h2-6,15H,7-14H2,1H3,(H,19,24). The molecule has 2 aliphatic heterocycles. The first-order valence-electron chi connectivity index (χ1n) is 9.15. The van der Waals surface area contributed by atoms with Crippen LogP contribution in [0.5, 0.6) is 0 Å². The van der Waals surface area contributed by atoms with Crippen molar-refractivity contribution in [1.29, 1.82) is 0 Å². The second-order valence-electron chi connectivity index (χ2n) is 7.04. The number of nitrogens with zero attached hydrogens (tertiary/aromatic N) is 3. The van der Waals surface area contributed by atoms with Crippen LogP contribution < -0.4 is 10.2 Å². The van der Waals surface area contributed by atoms with Gasteiger partial charge in [-0.15, -0.1) is 0 Å². The quantitative estimate of drug-likeness (QED) is 0.718. The van der Waals surface area contributed by atoms with E-state index in [1.54, 1.807) is 4.90 Å². The third-order valence-electron chi connectivity index (χ3n) is 5.09. The highest BCUT2D eigenvalue weighted by Crippen LogP contribution is 2.24. The Morgan fingerprint density at radius 2 is 1.81 bits per heavy atom. The predicted octanol–water partition coefficient (Wildman–Crippen LogP) is -0.267. The first-order valence-corrected chi connectivity index (χ1v) is 11.0. The molecule has 3 rings (SSSR count). The summed E-state index contributed by atoms with van der Waals surface area (Å²) in [6, 6.07) is 9.38. The molecule has 1 unspecified atom stereocenters. The first-order chi connectivity index (χ1) is 12.8. The molecule has 27 heavy (non-hydrogen) atoms. The number of rotatable bonds is 6. The lowest BCUT2D eigenvalue weighted by Crippen LogP contribution is -2.50. The molecule has 0 aliphatic carbocycles. The van der Waals surface area contributed by atoms with Crippen molar-refractivity contribution < 1.29 is 18.0 Å². The van der Waals surface area contributed by atoms with Crippen molar-refractivity contribution in [2.24, 2.45) is 5.92 Å². The molecule has 2 heterocycles. The van der Waals surface area contributed by atoms with Crippen molar-refractivity contribution in [3.8, 4) is 0 Å². The highest BCUT2D eigenvalue weighted by Gasteiger charge is 2.35. The van der Waals surface area contributed by atoms with E-state index >= 15 is 0 Å². The van der Waals surface area contributed by atoms with Gasteiger partial charge in [-0.25, -0.2) is 8.42 Å². The molecule has 148 valence electrons. The van der Waals surface area contributed by atoms with E-state index in [2.05, 4.69) is 10.2 Å². The van der Waals surface area contributed by atoms with Gasteiger partial charge < -0.3 is 10.2 Å². The van der Waals surface area contributed by atoms with Crippen LogP contribution in [-0.2, 0) is 19.6 Å². The van der Waals surface area contributed by atoms with E-state index in [9.17, 15) is 18.0 Å². The van der Waals surface area contributed by atoms with E-state index in [1.165, 1.54) is 10.6 Å². The molecule has 8 nitrogen and oxygen atoms in total. The van der Waals surface area contributed by atoms with Gasteiger partial charge in [0.15, 0.2) is 0 Å².